The van der Waals surface area contributed by atoms with E-state index in [-0.39, 0.29) is 6.61 Å². The molecular weight excluding hydrogens is 274 g/mol. The molecule has 22 heavy (non-hydrogen) atoms. The summed E-state index contributed by atoms with van der Waals surface area (Å²) < 4.78 is 0. The first-order valence-corrected chi connectivity index (χ1v) is 7.62. The SMILES string of the molecule is C=C(/C(C)=C/C(=CC)CCC(O)CO)c1ccccc1NC. The molecule has 0 radical (unpaired) electrons. The van der Waals surface area contributed by atoms with Gasteiger partial charge in [0.15, 0.2) is 0 Å². The van der Waals surface area contributed by atoms with E-state index in [1.54, 1.807) is 0 Å². The quantitative estimate of drug-likeness (QED) is 0.641. The minimum absolute atomic E-state index is 0.193. The van der Waals surface area contributed by atoms with Gasteiger partial charge in [-0.25, -0.2) is 0 Å². The molecule has 0 fully saturated rings. The number of rotatable bonds is 8. The maximum Gasteiger partial charge on any atom is 0.0774 e. The lowest BCUT2D eigenvalue weighted by molar-refractivity contribution is 0.0887. The van der Waals surface area contributed by atoms with E-state index in [1.165, 1.54) is 0 Å². The van der Waals surface area contributed by atoms with Crippen molar-refractivity contribution in [3.8, 4) is 0 Å². The van der Waals surface area contributed by atoms with Crippen LogP contribution in [0, 0.1) is 0 Å². The number of anilines is 1. The summed E-state index contributed by atoms with van der Waals surface area (Å²) in [5.74, 6) is 0. The molecule has 1 rings (SSSR count). The van der Waals surface area contributed by atoms with Crippen LogP contribution in [0.2, 0.25) is 0 Å². The van der Waals surface area contributed by atoms with Gasteiger partial charge >= 0.3 is 0 Å². The molecule has 0 bridgehead atoms. The molecule has 1 aromatic rings. The van der Waals surface area contributed by atoms with Gasteiger partial charge in [0.2, 0.25) is 0 Å². The minimum atomic E-state index is -0.656. The van der Waals surface area contributed by atoms with Crippen LogP contribution in [0.4, 0.5) is 5.69 Å². The molecule has 0 aliphatic carbocycles. The molecule has 1 unspecified atom stereocenters. The Bertz CT molecular complexity index is 558. The normalized spacial score (nSPS) is 13.9. The summed E-state index contributed by atoms with van der Waals surface area (Å²) in [5, 5.41) is 21.5. The lowest BCUT2D eigenvalue weighted by atomic mass is 9.96. The van der Waals surface area contributed by atoms with Crippen molar-refractivity contribution >= 4 is 11.3 Å². The molecule has 1 aromatic carbocycles. The lowest BCUT2D eigenvalue weighted by Crippen LogP contribution is -2.11. The van der Waals surface area contributed by atoms with Gasteiger partial charge in [0.25, 0.3) is 0 Å². The summed E-state index contributed by atoms with van der Waals surface area (Å²) in [7, 11) is 1.90. The largest absolute Gasteiger partial charge is 0.394 e. The summed E-state index contributed by atoms with van der Waals surface area (Å²) in [6.45, 7) is 8.04. The standard InChI is InChI=1S/C19H27NO2/c1-5-16(10-11-17(22)13-21)12-14(2)15(3)18-8-6-7-9-19(18)20-4/h5-9,12,17,20-22H,3,10-11,13H2,1-2,4H3/b14-12+,16-5?. The van der Waals surface area contributed by atoms with Crippen molar-refractivity contribution in [3.63, 3.8) is 0 Å². The third-order valence-corrected chi connectivity index (χ3v) is 3.75. The number of hydrogen-bond donors (Lipinski definition) is 3. The second kappa shape index (κ2) is 9.23. The first-order chi connectivity index (χ1) is 10.5. The number of hydrogen-bond acceptors (Lipinski definition) is 3. The number of benzene rings is 1. The third-order valence-electron chi connectivity index (χ3n) is 3.75. The molecule has 0 amide bonds. The molecule has 3 N–H and O–H groups in total. The van der Waals surface area contributed by atoms with Gasteiger partial charge in [-0.05, 0) is 43.9 Å². The fourth-order valence-corrected chi connectivity index (χ4v) is 2.27. The predicted molar refractivity (Wildman–Crippen MR) is 94.9 cm³/mol. The van der Waals surface area contributed by atoms with E-state index < -0.39 is 6.10 Å². The van der Waals surface area contributed by atoms with Crippen LogP contribution in [0.15, 0.2) is 54.1 Å². The van der Waals surface area contributed by atoms with E-state index in [4.69, 9.17) is 5.11 Å². The number of para-hydroxylation sites is 1. The second-order valence-electron chi connectivity index (χ2n) is 5.34. The Hall–Kier alpha value is -1.84. The molecule has 3 nitrogen and oxygen atoms in total. The molecule has 0 aromatic heterocycles. The molecule has 0 heterocycles. The Labute approximate surface area is 133 Å². The monoisotopic (exact) mass is 301 g/mol. The lowest BCUT2D eigenvalue weighted by Gasteiger charge is -2.13. The molecule has 0 spiro atoms. The summed E-state index contributed by atoms with van der Waals surface area (Å²) in [5.41, 5.74) is 5.34. The van der Waals surface area contributed by atoms with Gasteiger partial charge in [0.1, 0.15) is 0 Å². The van der Waals surface area contributed by atoms with Crippen LogP contribution < -0.4 is 5.32 Å². The topological polar surface area (TPSA) is 52.5 Å². The highest BCUT2D eigenvalue weighted by atomic mass is 16.3. The van der Waals surface area contributed by atoms with Crippen molar-refractivity contribution in [1.29, 1.82) is 0 Å². The molecule has 0 aliphatic heterocycles. The zero-order chi connectivity index (χ0) is 16.5. The van der Waals surface area contributed by atoms with Crippen molar-refractivity contribution in [2.75, 3.05) is 19.0 Å². The average molecular weight is 301 g/mol. The van der Waals surface area contributed by atoms with Crippen LogP contribution in [0.1, 0.15) is 32.3 Å². The smallest absolute Gasteiger partial charge is 0.0774 e. The van der Waals surface area contributed by atoms with Crippen molar-refractivity contribution in [3.05, 3.63) is 59.7 Å². The highest BCUT2D eigenvalue weighted by Gasteiger charge is 2.08. The Morgan fingerprint density at radius 3 is 2.64 bits per heavy atom. The van der Waals surface area contributed by atoms with Crippen LogP contribution in [0.5, 0.6) is 0 Å². The van der Waals surface area contributed by atoms with Gasteiger partial charge < -0.3 is 15.5 Å². The maximum absolute atomic E-state index is 9.47. The van der Waals surface area contributed by atoms with E-state index in [0.717, 1.165) is 34.4 Å². The molecule has 120 valence electrons. The summed E-state index contributed by atoms with van der Waals surface area (Å²) in [6.07, 6.45) is 4.76. The molecule has 1 atom stereocenters. The Morgan fingerprint density at radius 2 is 2.05 bits per heavy atom. The van der Waals surface area contributed by atoms with Crippen molar-refractivity contribution in [1.82, 2.24) is 0 Å². The molecule has 3 heteroatoms. The van der Waals surface area contributed by atoms with Crippen LogP contribution >= 0.6 is 0 Å². The van der Waals surface area contributed by atoms with Crippen LogP contribution in [-0.2, 0) is 0 Å². The van der Waals surface area contributed by atoms with Gasteiger partial charge in [-0.2, -0.15) is 0 Å². The molecule has 0 aliphatic rings. The van der Waals surface area contributed by atoms with Gasteiger partial charge in [-0.15, -0.1) is 0 Å². The number of nitrogens with one attached hydrogen (secondary N) is 1. The fraction of sp³-hybridized carbons (Fsp3) is 0.368. The van der Waals surface area contributed by atoms with Crippen LogP contribution in [0.3, 0.4) is 0 Å². The molecule has 0 saturated heterocycles. The Balaban J connectivity index is 2.88. The van der Waals surface area contributed by atoms with Gasteiger partial charge in [-0.1, -0.05) is 42.5 Å². The number of aliphatic hydroxyl groups is 2. The van der Waals surface area contributed by atoms with Gasteiger partial charge in [-0.3, -0.25) is 0 Å². The molecule has 0 saturated carbocycles. The maximum atomic E-state index is 9.47. The van der Waals surface area contributed by atoms with Crippen molar-refractivity contribution < 1.29 is 10.2 Å². The summed E-state index contributed by atoms with van der Waals surface area (Å²) in [6, 6.07) is 8.08. The van der Waals surface area contributed by atoms with Crippen molar-refractivity contribution in [2.24, 2.45) is 0 Å². The summed E-state index contributed by atoms with van der Waals surface area (Å²) >= 11 is 0. The Morgan fingerprint density at radius 1 is 1.36 bits per heavy atom. The minimum Gasteiger partial charge on any atom is -0.394 e. The average Bonchev–Trinajstić information content (AvgIpc) is 2.57. The fourth-order valence-electron chi connectivity index (χ4n) is 2.27. The van der Waals surface area contributed by atoms with Crippen LogP contribution in [0.25, 0.3) is 5.57 Å². The van der Waals surface area contributed by atoms with E-state index in [1.807, 2.05) is 45.2 Å². The number of allylic oxidation sites excluding steroid dienone is 5. The molecular formula is C19H27NO2. The zero-order valence-corrected chi connectivity index (χ0v) is 13.8. The first-order valence-electron chi connectivity index (χ1n) is 7.62. The summed E-state index contributed by atoms with van der Waals surface area (Å²) in [4.78, 5) is 0. The Kier molecular flexibility index (Phi) is 7.64. The third kappa shape index (κ3) is 5.17. The predicted octanol–water partition coefficient (Wildman–Crippen LogP) is 3.77. The van der Waals surface area contributed by atoms with E-state index >= 15 is 0 Å². The number of aliphatic hydroxyl groups excluding tert-OH is 2. The van der Waals surface area contributed by atoms with E-state index in [0.29, 0.717) is 6.42 Å². The van der Waals surface area contributed by atoms with E-state index in [2.05, 4.69) is 24.0 Å². The zero-order valence-electron chi connectivity index (χ0n) is 13.8. The van der Waals surface area contributed by atoms with Crippen molar-refractivity contribution in [2.45, 2.75) is 32.8 Å². The highest BCUT2D eigenvalue weighted by Crippen LogP contribution is 2.28. The van der Waals surface area contributed by atoms with Crippen LogP contribution in [-0.4, -0.2) is 30.0 Å². The van der Waals surface area contributed by atoms with E-state index in [9.17, 15) is 5.11 Å². The highest BCUT2D eigenvalue weighted by molar-refractivity contribution is 5.84. The van der Waals surface area contributed by atoms with Gasteiger partial charge in [0, 0.05) is 18.3 Å². The first kappa shape index (κ1) is 18.2. The van der Waals surface area contributed by atoms with Gasteiger partial charge in [0.05, 0.1) is 12.7 Å². The second-order valence-corrected chi connectivity index (χ2v) is 5.34.